The van der Waals surface area contributed by atoms with E-state index in [1.165, 1.54) is 19.8 Å². The van der Waals surface area contributed by atoms with E-state index in [4.69, 9.17) is 0 Å². The van der Waals surface area contributed by atoms with Crippen LogP contribution in [-0.2, 0) is 11.3 Å². The Kier molecular flexibility index (Phi) is 4.06. The lowest BCUT2D eigenvalue weighted by molar-refractivity contribution is -0.119. The third-order valence-corrected chi connectivity index (χ3v) is 4.30. The van der Waals surface area contributed by atoms with Crippen LogP contribution in [0, 0.1) is 0 Å². The number of nitrogens with one attached hydrogen (secondary N) is 1. The molecule has 1 heterocycles. The summed E-state index contributed by atoms with van der Waals surface area (Å²) in [6.45, 7) is 1.88. The standard InChI is InChI=1S/C20H19N4O/c1-13(25)21-11-14-3-2-4-15(9-14)16-5-8-19-18(10-16)20(23-12-22-19)24-17-6-7-17/h2-5,8-10,12,17H,6-7,11H2,1H3,(H,22,23,24). The highest BCUT2D eigenvalue weighted by Gasteiger charge is 2.22. The van der Waals surface area contributed by atoms with Gasteiger partial charge >= 0.3 is 0 Å². The number of fused-ring (bicyclic) bond motifs is 1. The molecule has 1 fully saturated rings. The lowest BCUT2D eigenvalue weighted by Crippen LogP contribution is -2.10. The molecule has 2 aromatic carbocycles. The number of benzene rings is 2. The third-order valence-electron chi connectivity index (χ3n) is 4.30. The molecule has 0 spiro atoms. The second-order valence-corrected chi connectivity index (χ2v) is 6.41. The molecule has 1 aromatic heterocycles. The fourth-order valence-electron chi connectivity index (χ4n) is 2.82. The number of carbonyl (C=O) groups excluding carboxylic acids is 1. The first-order valence-electron chi connectivity index (χ1n) is 8.48. The Balaban J connectivity index is 1.69. The van der Waals surface area contributed by atoms with E-state index < -0.39 is 0 Å². The van der Waals surface area contributed by atoms with Crippen molar-refractivity contribution in [1.29, 1.82) is 0 Å². The average Bonchev–Trinajstić information content (AvgIpc) is 3.44. The van der Waals surface area contributed by atoms with Crippen LogP contribution in [0.4, 0.5) is 5.82 Å². The zero-order valence-corrected chi connectivity index (χ0v) is 14.1. The minimum absolute atomic E-state index is 0.149. The summed E-state index contributed by atoms with van der Waals surface area (Å²) in [5, 5.41) is 8.48. The van der Waals surface area contributed by atoms with Crippen molar-refractivity contribution >= 4 is 22.6 Å². The molecule has 0 atom stereocenters. The molecule has 25 heavy (non-hydrogen) atoms. The van der Waals surface area contributed by atoms with Crippen LogP contribution in [0.3, 0.4) is 0 Å². The minimum Gasteiger partial charge on any atom is -0.367 e. The highest BCUT2D eigenvalue weighted by Crippen LogP contribution is 2.30. The van der Waals surface area contributed by atoms with Crippen molar-refractivity contribution in [3.05, 3.63) is 54.4 Å². The Labute approximate surface area is 146 Å². The monoisotopic (exact) mass is 331 g/mol. The molecule has 4 rings (SSSR count). The van der Waals surface area contributed by atoms with Crippen LogP contribution in [0.1, 0.15) is 25.3 Å². The Morgan fingerprint density at radius 1 is 1.16 bits per heavy atom. The van der Waals surface area contributed by atoms with Gasteiger partial charge in [-0.05, 0) is 47.7 Å². The second kappa shape index (κ2) is 6.51. The first-order chi connectivity index (χ1) is 12.2. The summed E-state index contributed by atoms with van der Waals surface area (Å²) in [6, 6.07) is 14.9. The lowest BCUT2D eigenvalue weighted by atomic mass is 10.0. The highest BCUT2D eigenvalue weighted by molar-refractivity contribution is 5.92. The van der Waals surface area contributed by atoms with E-state index in [1.807, 2.05) is 18.2 Å². The molecule has 1 radical (unpaired) electrons. The maximum absolute atomic E-state index is 11.1. The Morgan fingerprint density at radius 3 is 2.80 bits per heavy atom. The second-order valence-electron chi connectivity index (χ2n) is 6.41. The summed E-state index contributed by atoms with van der Waals surface area (Å²) in [6.07, 6.45) is 4.01. The maximum Gasteiger partial charge on any atom is 0.238 e. The van der Waals surface area contributed by atoms with Crippen molar-refractivity contribution in [2.45, 2.75) is 32.4 Å². The predicted octanol–water partition coefficient (Wildman–Crippen LogP) is 3.52. The first-order valence-corrected chi connectivity index (χ1v) is 8.48. The predicted molar refractivity (Wildman–Crippen MR) is 98.1 cm³/mol. The van der Waals surface area contributed by atoms with E-state index in [-0.39, 0.29) is 5.91 Å². The summed E-state index contributed by atoms with van der Waals surface area (Å²) < 4.78 is 0. The number of rotatable bonds is 5. The average molecular weight is 331 g/mol. The molecule has 5 nitrogen and oxygen atoms in total. The van der Waals surface area contributed by atoms with Crippen LogP contribution in [0.2, 0.25) is 0 Å². The van der Waals surface area contributed by atoms with Gasteiger partial charge in [0.15, 0.2) is 0 Å². The largest absolute Gasteiger partial charge is 0.367 e. The molecular formula is C20H19N4O. The van der Waals surface area contributed by atoms with Gasteiger partial charge in [-0.2, -0.15) is 0 Å². The van der Waals surface area contributed by atoms with Gasteiger partial charge in [0.05, 0.1) is 12.1 Å². The van der Waals surface area contributed by atoms with Crippen molar-refractivity contribution in [3.8, 4) is 11.1 Å². The zero-order chi connectivity index (χ0) is 17.2. The fraction of sp³-hybridized carbons (Fsp3) is 0.250. The fourth-order valence-corrected chi connectivity index (χ4v) is 2.82. The molecule has 1 amide bonds. The quantitative estimate of drug-likeness (QED) is 0.776. The molecule has 5 heteroatoms. The van der Waals surface area contributed by atoms with Crippen LogP contribution >= 0.6 is 0 Å². The minimum atomic E-state index is -0.149. The number of nitrogens with zero attached hydrogens (tertiary/aromatic N) is 3. The van der Waals surface area contributed by atoms with Gasteiger partial charge in [0.2, 0.25) is 5.91 Å². The molecule has 0 unspecified atom stereocenters. The van der Waals surface area contributed by atoms with Gasteiger partial charge in [-0.15, -0.1) is 0 Å². The zero-order valence-electron chi connectivity index (χ0n) is 14.1. The van der Waals surface area contributed by atoms with E-state index in [1.54, 1.807) is 6.33 Å². The molecular weight excluding hydrogens is 312 g/mol. The molecule has 1 aliphatic rings. The van der Waals surface area contributed by atoms with Crippen molar-refractivity contribution in [3.63, 3.8) is 0 Å². The Morgan fingerprint density at radius 2 is 2.00 bits per heavy atom. The van der Waals surface area contributed by atoms with Crippen molar-refractivity contribution in [2.24, 2.45) is 0 Å². The lowest BCUT2D eigenvalue weighted by Gasteiger charge is -2.10. The molecule has 0 aliphatic heterocycles. The number of amides is 1. The van der Waals surface area contributed by atoms with Crippen LogP contribution in [0.15, 0.2) is 48.8 Å². The van der Waals surface area contributed by atoms with E-state index >= 15 is 0 Å². The van der Waals surface area contributed by atoms with Gasteiger partial charge in [0, 0.05) is 18.4 Å². The van der Waals surface area contributed by atoms with Crippen LogP contribution < -0.4 is 10.6 Å². The molecule has 0 bridgehead atoms. The van der Waals surface area contributed by atoms with Gasteiger partial charge in [0.1, 0.15) is 12.1 Å². The van der Waals surface area contributed by atoms with E-state index in [9.17, 15) is 4.79 Å². The molecule has 1 saturated carbocycles. The number of aromatic nitrogens is 2. The SMILES string of the molecule is CC(=O)[N]Cc1cccc(-c2ccc3ncnc(NC4CC4)c3c2)c1. The van der Waals surface area contributed by atoms with E-state index in [2.05, 4.69) is 44.9 Å². The van der Waals surface area contributed by atoms with Gasteiger partial charge in [-0.1, -0.05) is 24.3 Å². The topological polar surface area (TPSA) is 69.0 Å². The molecule has 125 valence electrons. The van der Waals surface area contributed by atoms with Crippen LogP contribution in [0.25, 0.3) is 22.0 Å². The van der Waals surface area contributed by atoms with Crippen molar-refractivity contribution in [1.82, 2.24) is 15.3 Å². The first kappa shape index (κ1) is 15.6. The van der Waals surface area contributed by atoms with Gasteiger partial charge in [0.25, 0.3) is 0 Å². The molecule has 1 N–H and O–H groups in total. The Hall–Kier alpha value is -2.95. The van der Waals surface area contributed by atoms with Crippen molar-refractivity contribution < 1.29 is 4.79 Å². The van der Waals surface area contributed by atoms with Gasteiger partial charge in [-0.25, -0.2) is 15.3 Å². The highest BCUT2D eigenvalue weighted by atomic mass is 16.1. The van der Waals surface area contributed by atoms with E-state index in [0.29, 0.717) is 12.6 Å². The van der Waals surface area contributed by atoms with E-state index in [0.717, 1.165) is 33.4 Å². The number of hydrogen-bond acceptors (Lipinski definition) is 4. The smallest absolute Gasteiger partial charge is 0.238 e. The molecule has 3 aromatic rings. The normalized spacial score (nSPS) is 13.6. The number of anilines is 1. The summed E-state index contributed by atoms with van der Waals surface area (Å²) in [4.78, 5) is 19.8. The molecule has 0 saturated heterocycles. The van der Waals surface area contributed by atoms with Gasteiger partial charge in [-0.3, -0.25) is 4.79 Å². The summed E-state index contributed by atoms with van der Waals surface area (Å²) >= 11 is 0. The van der Waals surface area contributed by atoms with Crippen molar-refractivity contribution in [2.75, 3.05) is 5.32 Å². The summed E-state index contributed by atoms with van der Waals surface area (Å²) in [5.41, 5.74) is 4.16. The number of carbonyl (C=O) groups is 1. The van der Waals surface area contributed by atoms with Crippen LogP contribution in [-0.4, -0.2) is 21.9 Å². The molecule has 1 aliphatic carbocycles. The maximum atomic E-state index is 11.1. The van der Waals surface area contributed by atoms with Crippen LogP contribution in [0.5, 0.6) is 0 Å². The Bertz CT molecular complexity index is 934. The summed E-state index contributed by atoms with van der Waals surface area (Å²) in [7, 11) is 0. The summed E-state index contributed by atoms with van der Waals surface area (Å²) in [5.74, 6) is 0.751. The van der Waals surface area contributed by atoms with Gasteiger partial charge < -0.3 is 5.32 Å². The number of hydrogen-bond donors (Lipinski definition) is 1. The third kappa shape index (κ3) is 3.60.